The number of hydrogen-bond donors (Lipinski definition) is 1. The van der Waals surface area contributed by atoms with Crippen molar-refractivity contribution in [3.05, 3.63) is 76.8 Å². The van der Waals surface area contributed by atoms with Crippen molar-refractivity contribution in [2.45, 2.75) is 48.0 Å². The van der Waals surface area contributed by atoms with Gasteiger partial charge in [-0.05, 0) is 22.6 Å². The fourth-order valence-electron chi connectivity index (χ4n) is 2.61. The van der Waals surface area contributed by atoms with Gasteiger partial charge in [0.1, 0.15) is 0 Å². The smallest absolute Gasteiger partial charge is 0.256 e. The molecule has 0 bridgehead atoms. The molecule has 24 heavy (non-hydrogen) atoms. The zero-order valence-corrected chi connectivity index (χ0v) is 16.0. The fraction of sp³-hybridized carbons (Fsp3) is 0.318. The topological polar surface area (TPSA) is 32.9 Å². The van der Waals surface area contributed by atoms with Crippen molar-refractivity contribution in [2.75, 3.05) is 0 Å². The van der Waals surface area contributed by atoms with Crippen LogP contribution in [0.1, 0.15) is 52.8 Å². The quantitative estimate of drug-likeness (QED) is 0.691. The lowest BCUT2D eigenvalue weighted by atomic mass is 10.0. The third-order valence-corrected chi connectivity index (χ3v) is 3.47. The first-order valence-electron chi connectivity index (χ1n) is 8.88. The van der Waals surface area contributed by atoms with Gasteiger partial charge in [-0.15, -0.1) is 0 Å². The molecule has 1 N–H and O–H groups in total. The summed E-state index contributed by atoms with van der Waals surface area (Å²) in [6, 6.07) is 7.70. The highest BCUT2D eigenvalue weighted by Gasteiger charge is 2.21. The number of aromatic nitrogens is 1. The number of fused-ring (bicyclic) bond motifs is 3. The molecular weight excluding hydrogens is 294 g/mol. The fourth-order valence-corrected chi connectivity index (χ4v) is 2.61. The summed E-state index contributed by atoms with van der Waals surface area (Å²) in [4.78, 5) is 15.0. The molecule has 0 unspecified atom stereocenters. The van der Waals surface area contributed by atoms with E-state index in [0.29, 0.717) is 0 Å². The third kappa shape index (κ3) is 4.14. The predicted molar refractivity (Wildman–Crippen MR) is 110 cm³/mol. The minimum Gasteiger partial charge on any atom is -0.321 e. The first-order chi connectivity index (χ1) is 11.8. The minimum atomic E-state index is -0.0472. The Hall–Kier alpha value is -2.35. The molecule has 0 fully saturated rings. The summed E-state index contributed by atoms with van der Waals surface area (Å²) >= 11 is 0. The maximum absolute atomic E-state index is 12.1. The molecule has 2 heteroatoms. The highest BCUT2D eigenvalue weighted by atomic mass is 16.1. The zero-order chi connectivity index (χ0) is 18.7. The number of hydrogen-bond acceptors (Lipinski definition) is 1. The maximum Gasteiger partial charge on any atom is 0.256 e. The van der Waals surface area contributed by atoms with Gasteiger partial charge >= 0.3 is 0 Å². The van der Waals surface area contributed by atoms with Crippen molar-refractivity contribution in [1.29, 1.82) is 0 Å². The van der Waals surface area contributed by atoms with E-state index in [2.05, 4.69) is 18.1 Å². The standard InChI is InChI=1S/C16H13NO.3C2H6/c1-3-10-9-14-12-7-5-6-8-13(12)16(18)17-15(14)11(10)4-2;3*1-2/h3-8H,1-2,9H2,(H,17,18);3*1-2H3. The lowest BCUT2D eigenvalue weighted by Crippen LogP contribution is -2.10. The number of pyridine rings is 1. The Kier molecular flexibility index (Phi) is 10.1. The van der Waals surface area contributed by atoms with Crippen molar-refractivity contribution in [3.63, 3.8) is 0 Å². The van der Waals surface area contributed by atoms with E-state index in [4.69, 9.17) is 0 Å². The molecule has 1 aromatic carbocycles. The average molecular weight is 325 g/mol. The monoisotopic (exact) mass is 325 g/mol. The van der Waals surface area contributed by atoms with Crippen molar-refractivity contribution < 1.29 is 0 Å². The van der Waals surface area contributed by atoms with Gasteiger partial charge in [-0.25, -0.2) is 0 Å². The van der Waals surface area contributed by atoms with E-state index < -0.39 is 0 Å². The van der Waals surface area contributed by atoms with Gasteiger partial charge in [0, 0.05) is 17.4 Å². The molecule has 2 aromatic rings. The molecule has 0 atom stereocenters. The number of benzene rings is 1. The molecular formula is C22H31NO. The molecule has 130 valence electrons. The number of allylic oxidation sites excluding steroid dienone is 4. The Labute approximate surface area is 146 Å². The summed E-state index contributed by atoms with van der Waals surface area (Å²) < 4.78 is 0. The van der Waals surface area contributed by atoms with Crippen molar-refractivity contribution in [2.24, 2.45) is 0 Å². The van der Waals surface area contributed by atoms with Crippen LogP contribution in [0, 0.1) is 0 Å². The zero-order valence-electron chi connectivity index (χ0n) is 16.0. The van der Waals surface area contributed by atoms with Gasteiger partial charge in [0.25, 0.3) is 5.56 Å². The maximum atomic E-state index is 12.1. The lowest BCUT2D eigenvalue weighted by molar-refractivity contribution is 1.18. The van der Waals surface area contributed by atoms with Crippen LogP contribution < -0.4 is 5.56 Å². The van der Waals surface area contributed by atoms with E-state index in [-0.39, 0.29) is 5.56 Å². The molecule has 1 aliphatic carbocycles. The number of rotatable bonds is 2. The first-order valence-corrected chi connectivity index (χ1v) is 8.88. The number of aromatic amines is 1. The van der Waals surface area contributed by atoms with Gasteiger partial charge in [0.05, 0.1) is 5.69 Å². The summed E-state index contributed by atoms with van der Waals surface area (Å²) in [5, 5.41) is 1.76. The molecule has 0 amide bonds. The molecule has 3 rings (SSSR count). The van der Waals surface area contributed by atoms with Gasteiger partial charge in [-0.3, -0.25) is 4.79 Å². The van der Waals surface area contributed by atoms with Crippen molar-refractivity contribution in [1.82, 2.24) is 4.98 Å². The van der Waals surface area contributed by atoms with Crippen molar-refractivity contribution in [3.8, 4) is 0 Å². The van der Waals surface area contributed by atoms with Gasteiger partial charge in [-0.1, -0.05) is 85.1 Å². The molecule has 0 aliphatic heterocycles. The van der Waals surface area contributed by atoms with Crippen LogP contribution in [0.25, 0.3) is 16.3 Å². The Bertz CT molecular complexity index is 763. The Balaban J connectivity index is 0.000000798. The molecule has 2 nitrogen and oxygen atoms in total. The van der Waals surface area contributed by atoms with E-state index in [1.54, 1.807) is 6.08 Å². The van der Waals surface area contributed by atoms with Gasteiger partial charge in [0.15, 0.2) is 0 Å². The Morgan fingerprint density at radius 2 is 1.46 bits per heavy atom. The van der Waals surface area contributed by atoms with E-state index >= 15 is 0 Å². The van der Waals surface area contributed by atoms with Crippen LogP contribution in [-0.4, -0.2) is 4.98 Å². The Morgan fingerprint density at radius 1 is 0.917 bits per heavy atom. The van der Waals surface area contributed by atoms with Gasteiger partial charge < -0.3 is 4.98 Å². The molecule has 1 heterocycles. The average Bonchev–Trinajstić information content (AvgIpc) is 3.04. The van der Waals surface area contributed by atoms with Crippen LogP contribution in [0.3, 0.4) is 0 Å². The highest BCUT2D eigenvalue weighted by Crippen LogP contribution is 2.35. The molecule has 0 spiro atoms. The molecule has 1 aliphatic rings. The van der Waals surface area contributed by atoms with Crippen LogP contribution in [-0.2, 0) is 6.42 Å². The number of nitrogens with one attached hydrogen (secondary N) is 1. The van der Waals surface area contributed by atoms with Crippen LogP contribution in [0.5, 0.6) is 0 Å². The summed E-state index contributed by atoms with van der Waals surface area (Å²) in [6.07, 6.45) is 4.43. The van der Waals surface area contributed by atoms with E-state index in [1.165, 1.54) is 0 Å². The van der Waals surface area contributed by atoms with Crippen LogP contribution in [0.2, 0.25) is 0 Å². The summed E-state index contributed by atoms with van der Waals surface area (Å²) in [5.41, 5.74) is 4.11. The van der Waals surface area contributed by atoms with Gasteiger partial charge in [-0.2, -0.15) is 0 Å². The molecule has 1 aromatic heterocycles. The van der Waals surface area contributed by atoms with Crippen molar-refractivity contribution >= 4 is 16.3 Å². The third-order valence-electron chi connectivity index (χ3n) is 3.47. The first kappa shape index (κ1) is 21.6. The van der Waals surface area contributed by atoms with Crippen LogP contribution >= 0.6 is 0 Å². The lowest BCUT2D eigenvalue weighted by Gasteiger charge is -2.05. The largest absolute Gasteiger partial charge is 0.321 e. The van der Waals surface area contributed by atoms with Crippen LogP contribution in [0.15, 0.2) is 59.9 Å². The predicted octanol–water partition coefficient (Wildman–Crippen LogP) is 6.29. The number of H-pyrrole nitrogens is 1. The van der Waals surface area contributed by atoms with E-state index in [9.17, 15) is 4.79 Å². The second kappa shape index (κ2) is 11.2. The second-order valence-corrected chi connectivity index (χ2v) is 4.38. The van der Waals surface area contributed by atoms with Crippen LogP contribution in [0.4, 0.5) is 0 Å². The second-order valence-electron chi connectivity index (χ2n) is 4.38. The minimum absolute atomic E-state index is 0.0472. The molecule has 0 saturated carbocycles. The van der Waals surface area contributed by atoms with E-state index in [1.807, 2.05) is 71.9 Å². The summed E-state index contributed by atoms with van der Waals surface area (Å²) in [7, 11) is 0. The molecule has 0 saturated heterocycles. The molecule has 0 radical (unpaired) electrons. The SMILES string of the molecule is C=CC1=C(C=C)c2[nH]c(=O)c3ccccc3c2C1.CC.CC.CC. The van der Waals surface area contributed by atoms with E-state index in [0.717, 1.165) is 39.6 Å². The summed E-state index contributed by atoms with van der Waals surface area (Å²) in [5.74, 6) is 0. The normalized spacial score (nSPS) is 11.1. The highest BCUT2D eigenvalue weighted by molar-refractivity contribution is 5.94. The summed E-state index contributed by atoms with van der Waals surface area (Å²) in [6.45, 7) is 19.7. The Morgan fingerprint density at radius 3 is 1.96 bits per heavy atom. The van der Waals surface area contributed by atoms with Gasteiger partial charge in [0.2, 0.25) is 0 Å².